The molecule has 102 valence electrons. The lowest BCUT2D eigenvalue weighted by molar-refractivity contribution is -0.120. The molecule has 0 spiro atoms. The molecule has 0 atom stereocenters. The normalized spacial score (nSPS) is 12.6. The Morgan fingerprint density at radius 2 is 2.21 bits per heavy atom. The third-order valence-electron chi connectivity index (χ3n) is 2.80. The molecule has 0 aliphatic carbocycles. The number of aryl methyl sites for hydroxylation is 1. The molecule has 1 aromatic carbocycles. The lowest BCUT2D eigenvalue weighted by Gasteiger charge is -2.03. The third kappa shape index (κ3) is 2.76. The summed E-state index contributed by atoms with van der Waals surface area (Å²) in [6.07, 6.45) is 0.864. The van der Waals surface area contributed by atoms with Gasteiger partial charge in [0.2, 0.25) is 0 Å². The molecule has 2 aromatic rings. The average Bonchev–Trinajstić information content (AvgIpc) is 2.69. The van der Waals surface area contributed by atoms with Crippen LogP contribution in [0.4, 0.5) is 4.39 Å². The second-order valence-corrected chi connectivity index (χ2v) is 5.74. The van der Waals surface area contributed by atoms with Crippen LogP contribution in [0.1, 0.15) is 27.2 Å². The van der Waals surface area contributed by atoms with Gasteiger partial charge in [-0.2, -0.15) is 4.99 Å². The van der Waals surface area contributed by atoms with Gasteiger partial charge in [-0.25, -0.2) is 4.39 Å². The minimum absolute atomic E-state index is 0.148. The fourth-order valence-electron chi connectivity index (χ4n) is 1.83. The molecule has 0 aliphatic heterocycles. The second kappa shape index (κ2) is 5.65. The highest BCUT2D eigenvalue weighted by Crippen LogP contribution is 2.20. The number of amides is 1. The van der Waals surface area contributed by atoms with Gasteiger partial charge in [0.1, 0.15) is 5.82 Å². The Kier molecular flexibility index (Phi) is 4.14. The maximum Gasteiger partial charge on any atom is 0.250 e. The summed E-state index contributed by atoms with van der Waals surface area (Å²) in [5.74, 6) is -0.581. The molecule has 3 nitrogen and oxygen atoms in total. The number of carbonyl (C=O) groups excluding carboxylic acids is 1. The van der Waals surface area contributed by atoms with Crippen LogP contribution in [-0.4, -0.2) is 10.5 Å². The van der Waals surface area contributed by atoms with Crippen LogP contribution in [0, 0.1) is 11.7 Å². The zero-order chi connectivity index (χ0) is 14.0. The van der Waals surface area contributed by atoms with E-state index in [9.17, 15) is 9.18 Å². The smallest absolute Gasteiger partial charge is 0.250 e. The predicted molar refractivity (Wildman–Crippen MR) is 75.5 cm³/mol. The highest BCUT2D eigenvalue weighted by molar-refractivity contribution is 7.16. The Balaban J connectivity index is 2.70. The van der Waals surface area contributed by atoms with E-state index in [1.165, 1.54) is 17.4 Å². The molecular weight excluding hydrogens is 263 g/mol. The van der Waals surface area contributed by atoms with E-state index < -0.39 is 0 Å². The Morgan fingerprint density at radius 3 is 2.84 bits per heavy atom. The highest BCUT2D eigenvalue weighted by atomic mass is 32.1. The van der Waals surface area contributed by atoms with Gasteiger partial charge in [0.05, 0.1) is 10.2 Å². The summed E-state index contributed by atoms with van der Waals surface area (Å²) in [4.78, 5) is 16.5. The molecule has 19 heavy (non-hydrogen) atoms. The molecule has 2 rings (SSSR count). The van der Waals surface area contributed by atoms with E-state index in [4.69, 9.17) is 0 Å². The Hall–Kier alpha value is -1.49. The Morgan fingerprint density at radius 1 is 1.47 bits per heavy atom. The van der Waals surface area contributed by atoms with Crippen molar-refractivity contribution in [2.45, 2.75) is 33.7 Å². The number of benzene rings is 1. The summed E-state index contributed by atoms with van der Waals surface area (Å²) < 4.78 is 16.6. The summed E-state index contributed by atoms with van der Waals surface area (Å²) in [6.45, 7) is 6.30. The van der Waals surface area contributed by atoms with E-state index in [-0.39, 0.29) is 17.6 Å². The summed E-state index contributed by atoms with van der Waals surface area (Å²) in [7, 11) is 0. The zero-order valence-corrected chi connectivity index (χ0v) is 12.1. The van der Waals surface area contributed by atoms with Crippen molar-refractivity contribution in [1.82, 2.24) is 4.57 Å². The Labute approximate surface area is 115 Å². The maximum absolute atomic E-state index is 13.9. The monoisotopic (exact) mass is 280 g/mol. The van der Waals surface area contributed by atoms with Crippen molar-refractivity contribution in [3.8, 4) is 0 Å². The van der Waals surface area contributed by atoms with Crippen LogP contribution in [0.2, 0.25) is 0 Å². The minimum atomic E-state index is -0.263. The van der Waals surface area contributed by atoms with Crippen molar-refractivity contribution < 1.29 is 9.18 Å². The zero-order valence-electron chi connectivity index (χ0n) is 11.3. The first kappa shape index (κ1) is 13.9. The first-order chi connectivity index (χ1) is 9.04. The minimum Gasteiger partial charge on any atom is -0.314 e. The van der Waals surface area contributed by atoms with Gasteiger partial charge in [0.15, 0.2) is 4.80 Å². The molecule has 1 heterocycles. The van der Waals surface area contributed by atoms with Gasteiger partial charge in [-0.3, -0.25) is 4.79 Å². The molecule has 0 saturated carbocycles. The largest absolute Gasteiger partial charge is 0.314 e. The first-order valence-corrected chi connectivity index (χ1v) is 7.22. The van der Waals surface area contributed by atoms with Crippen LogP contribution < -0.4 is 4.80 Å². The number of fused-ring (bicyclic) bond motifs is 1. The lowest BCUT2D eigenvalue weighted by Crippen LogP contribution is -2.18. The number of thiazole rings is 1. The predicted octanol–water partition coefficient (Wildman–Crippen LogP) is 3.34. The number of carbonyl (C=O) groups is 1. The van der Waals surface area contributed by atoms with Crippen LogP contribution in [0.3, 0.4) is 0 Å². The molecule has 1 amide bonds. The van der Waals surface area contributed by atoms with E-state index in [0.29, 0.717) is 16.9 Å². The van der Waals surface area contributed by atoms with Crippen LogP contribution in [0.25, 0.3) is 10.2 Å². The van der Waals surface area contributed by atoms with Gasteiger partial charge in [-0.05, 0) is 18.6 Å². The highest BCUT2D eigenvalue weighted by Gasteiger charge is 2.12. The van der Waals surface area contributed by atoms with Gasteiger partial charge in [-0.15, -0.1) is 0 Å². The van der Waals surface area contributed by atoms with E-state index in [1.807, 2.05) is 26.8 Å². The lowest BCUT2D eigenvalue weighted by atomic mass is 10.2. The number of halogens is 1. The topological polar surface area (TPSA) is 34.4 Å². The average molecular weight is 280 g/mol. The van der Waals surface area contributed by atoms with Crippen molar-refractivity contribution in [2.75, 3.05) is 0 Å². The van der Waals surface area contributed by atoms with E-state index in [2.05, 4.69) is 4.99 Å². The van der Waals surface area contributed by atoms with Crippen LogP contribution in [-0.2, 0) is 11.3 Å². The van der Waals surface area contributed by atoms with Gasteiger partial charge in [0.25, 0.3) is 5.91 Å². The first-order valence-electron chi connectivity index (χ1n) is 6.41. The summed E-state index contributed by atoms with van der Waals surface area (Å²) in [5.41, 5.74) is 0.546. The summed E-state index contributed by atoms with van der Waals surface area (Å²) in [6, 6.07) is 4.97. The van der Waals surface area contributed by atoms with Crippen LogP contribution >= 0.6 is 11.3 Å². The van der Waals surface area contributed by atoms with Crippen LogP contribution in [0.15, 0.2) is 23.2 Å². The number of aromatic nitrogens is 1. The molecular formula is C14H17FN2OS. The Bertz CT molecular complexity index is 670. The standard InChI is InChI=1S/C14H17FN2OS/c1-4-8-17-12-10(15)6-5-7-11(12)19-14(17)16-13(18)9(2)3/h5-7,9H,4,8H2,1-3H3. The molecule has 0 radical (unpaired) electrons. The van der Waals surface area contributed by atoms with E-state index in [1.54, 1.807) is 10.6 Å². The van der Waals surface area contributed by atoms with Crippen molar-refractivity contribution >= 4 is 27.5 Å². The third-order valence-corrected chi connectivity index (χ3v) is 3.84. The molecule has 0 N–H and O–H groups in total. The molecule has 0 fully saturated rings. The summed E-state index contributed by atoms with van der Waals surface area (Å²) in [5, 5.41) is 0. The number of hydrogen-bond donors (Lipinski definition) is 0. The van der Waals surface area contributed by atoms with Crippen molar-refractivity contribution in [1.29, 1.82) is 0 Å². The number of para-hydroxylation sites is 1. The van der Waals surface area contributed by atoms with Crippen molar-refractivity contribution in [2.24, 2.45) is 10.9 Å². The van der Waals surface area contributed by atoms with Gasteiger partial charge in [0, 0.05) is 12.5 Å². The quantitative estimate of drug-likeness (QED) is 0.849. The molecule has 0 saturated heterocycles. The van der Waals surface area contributed by atoms with Gasteiger partial charge < -0.3 is 4.57 Å². The second-order valence-electron chi connectivity index (χ2n) is 4.73. The molecule has 5 heteroatoms. The molecule has 0 bridgehead atoms. The number of rotatable bonds is 3. The van der Waals surface area contributed by atoms with Gasteiger partial charge >= 0.3 is 0 Å². The molecule has 1 aromatic heterocycles. The fraction of sp³-hybridized carbons (Fsp3) is 0.429. The van der Waals surface area contributed by atoms with E-state index >= 15 is 0 Å². The number of hydrogen-bond acceptors (Lipinski definition) is 2. The molecule has 0 aliphatic rings. The van der Waals surface area contributed by atoms with Crippen LogP contribution in [0.5, 0.6) is 0 Å². The molecule has 0 unspecified atom stereocenters. The summed E-state index contributed by atoms with van der Waals surface area (Å²) >= 11 is 1.36. The fourth-order valence-corrected chi connectivity index (χ4v) is 2.90. The maximum atomic E-state index is 13.9. The number of nitrogens with zero attached hydrogens (tertiary/aromatic N) is 2. The van der Waals surface area contributed by atoms with Gasteiger partial charge in [-0.1, -0.05) is 38.2 Å². The SMILES string of the molecule is CCCn1c(=NC(=O)C(C)C)sc2cccc(F)c21. The van der Waals surface area contributed by atoms with Crippen molar-refractivity contribution in [3.63, 3.8) is 0 Å². The van der Waals surface area contributed by atoms with Crippen molar-refractivity contribution in [3.05, 3.63) is 28.8 Å². The van der Waals surface area contributed by atoms with E-state index in [0.717, 1.165) is 11.1 Å².